The lowest BCUT2D eigenvalue weighted by Gasteiger charge is -2.26. The zero-order chi connectivity index (χ0) is 20.3. The Labute approximate surface area is 175 Å². The van der Waals surface area contributed by atoms with Crippen molar-refractivity contribution in [1.82, 2.24) is 14.7 Å². The maximum Gasteiger partial charge on any atom is 0.251 e. The zero-order valence-electron chi connectivity index (χ0n) is 16.6. The van der Waals surface area contributed by atoms with Crippen LogP contribution in [-0.2, 0) is 13.0 Å². The standard InChI is InChI=1S/C25H23N3O2/c29-25(27-23-12-6-8-18-7-1-2-11-22(18)23)19-9-5-10-21(15-19)30-17-20-16-28-14-4-3-13-24(28)26-20/h1-5,7,9-11,13-16,23H,6,8,12,17H2,(H,27,29). The fourth-order valence-corrected chi connectivity index (χ4v) is 4.09. The van der Waals surface area contributed by atoms with E-state index >= 15 is 0 Å². The molecular weight excluding hydrogens is 374 g/mol. The summed E-state index contributed by atoms with van der Waals surface area (Å²) in [5.74, 6) is 0.582. The van der Waals surface area contributed by atoms with Gasteiger partial charge in [-0.15, -0.1) is 0 Å². The highest BCUT2D eigenvalue weighted by atomic mass is 16.5. The van der Waals surface area contributed by atoms with Gasteiger partial charge in [0, 0.05) is 18.0 Å². The third kappa shape index (κ3) is 3.79. The Morgan fingerprint density at radius 3 is 2.93 bits per heavy atom. The van der Waals surface area contributed by atoms with Crippen molar-refractivity contribution in [1.29, 1.82) is 0 Å². The van der Waals surface area contributed by atoms with Gasteiger partial charge in [-0.1, -0.05) is 36.4 Å². The number of aromatic nitrogens is 2. The number of nitrogens with zero attached hydrogens (tertiary/aromatic N) is 2. The van der Waals surface area contributed by atoms with Crippen LogP contribution in [0.1, 0.15) is 46.1 Å². The monoisotopic (exact) mass is 397 g/mol. The molecule has 0 aliphatic heterocycles. The molecule has 0 spiro atoms. The number of nitrogens with one attached hydrogen (secondary N) is 1. The van der Waals surface area contributed by atoms with E-state index in [0.717, 1.165) is 30.6 Å². The molecule has 1 aliphatic carbocycles. The van der Waals surface area contributed by atoms with Gasteiger partial charge in [-0.25, -0.2) is 4.98 Å². The van der Waals surface area contributed by atoms with Gasteiger partial charge in [0.1, 0.15) is 18.0 Å². The lowest BCUT2D eigenvalue weighted by molar-refractivity contribution is 0.0932. The van der Waals surface area contributed by atoms with E-state index in [-0.39, 0.29) is 11.9 Å². The number of ether oxygens (including phenoxy) is 1. The van der Waals surface area contributed by atoms with Crippen molar-refractivity contribution >= 4 is 11.6 Å². The SMILES string of the molecule is O=C(NC1CCCc2ccccc21)c1cccc(OCc2cn3ccccc3n2)c1. The second-order valence-corrected chi connectivity index (χ2v) is 7.63. The lowest BCUT2D eigenvalue weighted by Crippen LogP contribution is -2.30. The fraction of sp³-hybridized carbons (Fsp3) is 0.200. The summed E-state index contributed by atoms with van der Waals surface area (Å²) in [6.07, 6.45) is 7.04. The molecule has 1 unspecified atom stereocenters. The number of benzene rings is 2. The van der Waals surface area contributed by atoms with Gasteiger partial charge in [0.25, 0.3) is 5.91 Å². The Hall–Kier alpha value is -3.60. The van der Waals surface area contributed by atoms with Crippen molar-refractivity contribution in [2.45, 2.75) is 31.9 Å². The smallest absolute Gasteiger partial charge is 0.251 e. The van der Waals surface area contributed by atoms with Crippen molar-refractivity contribution in [2.75, 3.05) is 0 Å². The molecule has 150 valence electrons. The van der Waals surface area contributed by atoms with Crippen LogP contribution in [0.3, 0.4) is 0 Å². The Kier molecular flexibility index (Phi) is 4.93. The summed E-state index contributed by atoms with van der Waals surface area (Å²) in [4.78, 5) is 17.4. The number of hydrogen-bond donors (Lipinski definition) is 1. The summed E-state index contributed by atoms with van der Waals surface area (Å²) in [5, 5.41) is 3.20. The predicted octanol–water partition coefficient (Wildman–Crippen LogP) is 4.72. The van der Waals surface area contributed by atoms with Crippen LogP contribution >= 0.6 is 0 Å². The van der Waals surface area contributed by atoms with E-state index in [1.54, 1.807) is 6.07 Å². The van der Waals surface area contributed by atoms with Crippen LogP contribution in [0.2, 0.25) is 0 Å². The number of carbonyl (C=O) groups excluding carboxylic acids is 1. The van der Waals surface area contributed by atoms with Gasteiger partial charge < -0.3 is 14.5 Å². The highest BCUT2D eigenvalue weighted by Crippen LogP contribution is 2.29. The van der Waals surface area contributed by atoms with E-state index in [1.807, 2.05) is 59.3 Å². The van der Waals surface area contributed by atoms with E-state index in [0.29, 0.717) is 17.9 Å². The number of fused-ring (bicyclic) bond motifs is 2. The summed E-state index contributed by atoms with van der Waals surface area (Å²) in [6.45, 7) is 0.350. The molecule has 2 heterocycles. The van der Waals surface area contributed by atoms with Crippen LogP contribution in [-0.4, -0.2) is 15.3 Å². The minimum Gasteiger partial charge on any atom is -0.487 e. The van der Waals surface area contributed by atoms with E-state index in [1.165, 1.54) is 11.1 Å². The van der Waals surface area contributed by atoms with Crippen LogP contribution in [0.5, 0.6) is 5.75 Å². The van der Waals surface area contributed by atoms with E-state index in [9.17, 15) is 4.79 Å². The molecule has 5 heteroatoms. The topological polar surface area (TPSA) is 55.6 Å². The largest absolute Gasteiger partial charge is 0.487 e. The normalized spacial score (nSPS) is 15.5. The third-order valence-corrected chi connectivity index (χ3v) is 5.57. The van der Waals surface area contributed by atoms with Gasteiger partial charge in [-0.2, -0.15) is 0 Å². The van der Waals surface area contributed by atoms with Crippen molar-refractivity contribution in [3.63, 3.8) is 0 Å². The van der Waals surface area contributed by atoms with Gasteiger partial charge in [0.15, 0.2) is 0 Å². The van der Waals surface area contributed by atoms with Crippen LogP contribution in [0.25, 0.3) is 5.65 Å². The highest BCUT2D eigenvalue weighted by molar-refractivity contribution is 5.94. The fourth-order valence-electron chi connectivity index (χ4n) is 4.09. The average molecular weight is 397 g/mol. The zero-order valence-corrected chi connectivity index (χ0v) is 16.6. The Morgan fingerprint density at radius 1 is 1.10 bits per heavy atom. The molecule has 1 amide bonds. The van der Waals surface area contributed by atoms with Crippen molar-refractivity contribution in [2.24, 2.45) is 0 Å². The van der Waals surface area contributed by atoms with E-state index in [4.69, 9.17) is 4.74 Å². The van der Waals surface area contributed by atoms with Crippen molar-refractivity contribution < 1.29 is 9.53 Å². The average Bonchev–Trinajstić information content (AvgIpc) is 3.21. The summed E-state index contributed by atoms with van der Waals surface area (Å²) < 4.78 is 7.87. The Balaban J connectivity index is 1.27. The van der Waals surface area contributed by atoms with Crippen LogP contribution in [0.4, 0.5) is 0 Å². The number of hydrogen-bond acceptors (Lipinski definition) is 3. The maximum atomic E-state index is 12.9. The van der Waals surface area contributed by atoms with Crippen LogP contribution in [0, 0.1) is 0 Å². The minimum atomic E-state index is -0.0742. The van der Waals surface area contributed by atoms with E-state index in [2.05, 4.69) is 28.5 Å². The van der Waals surface area contributed by atoms with Gasteiger partial charge in [0.05, 0.1) is 11.7 Å². The first kappa shape index (κ1) is 18.4. The third-order valence-electron chi connectivity index (χ3n) is 5.57. The second kappa shape index (κ2) is 8.03. The number of amides is 1. The van der Waals surface area contributed by atoms with Gasteiger partial charge >= 0.3 is 0 Å². The van der Waals surface area contributed by atoms with Gasteiger partial charge in [-0.3, -0.25) is 4.79 Å². The first-order valence-corrected chi connectivity index (χ1v) is 10.3. The van der Waals surface area contributed by atoms with Crippen molar-refractivity contribution in [3.8, 4) is 5.75 Å². The second-order valence-electron chi connectivity index (χ2n) is 7.63. The molecule has 2 aromatic carbocycles. The number of aryl methyl sites for hydroxylation is 1. The molecule has 0 radical (unpaired) electrons. The summed E-state index contributed by atoms with van der Waals surface area (Å²) in [5.41, 5.74) is 4.90. The molecule has 0 fully saturated rings. The molecule has 0 bridgehead atoms. The molecular formula is C25H23N3O2. The minimum absolute atomic E-state index is 0.0602. The first-order valence-electron chi connectivity index (χ1n) is 10.3. The molecule has 5 nitrogen and oxygen atoms in total. The number of rotatable bonds is 5. The summed E-state index contributed by atoms with van der Waals surface area (Å²) in [7, 11) is 0. The van der Waals surface area contributed by atoms with E-state index < -0.39 is 0 Å². The summed E-state index contributed by atoms with van der Waals surface area (Å²) >= 11 is 0. The van der Waals surface area contributed by atoms with Crippen LogP contribution in [0.15, 0.2) is 79.1 Å². The van der Waals surface area contributed by atoms with Gasteiger partial charge in [0.2, 0.25) is 0 Å². The molecule has 4 aromatic rings. The highest BCUT2D eigenvalue weighted by Gasteiger charge is 2.22. The molecule has 2 aromatic heterocycles. The molecule has 30 heavy (non-hydrogen) atoms. The first-order chi connectivity index (χ1) is 14.8. The molecule has 0 saturated heterocycles. The van der Waals surface area contributed by atoms with Crippen molar-refractivity contribution in [3.05, 3.63) is 102 Å². The maximum absolute atomic E-state index is 12.9. The molecule has 1 atom stereocenters. The Morgan fingerprint density at radius 2 is 2.00 bits per heavy atom. The number of pyridine rings is 1. The van der Waals surface area contributed by atoms with Crippen LogP contribution < -0.4 is 10.1 Å². The molecule has 0 saturated carbocycles. The predicted molar refractivity (Wildman–Crippen MR) is 116 cm³/mol. The quantitative estimate of drug-likeness (QED) is 0.530. The van der Waals surface area contributed by atoms with Gasteiger partial charge in [-0.05, 0) is 60.7 Å². The lowest BCUT2D eigenvalue weighted by atomic mass is 9.87. The molecule has 1 N–H and O–H groups in total. The number of imidazole rings is 1. The molecule has 5 rings (SSSR count). The molecule has 1 aliphatic rings. The Bertz CT molecular complexity index is 1160. The summed E-state index contributed by atoms with van der Waals surface area (Å²) in [6, 6.07) is 21.6. The number of carbonyl (C=O) groups is 1.